The molecule has 0 aliphatic carbocycles. The Hall–Kier alpha value is -16.1. The van der Waals surface area contributed by atoms with Gasteiger partial charge in [0.25, 0.3) is 40.7 Å². The summed E-state index contributed by atoms with van der Waals surface area (Å²) in [6, 6.07) is 69.4. The number of hydrogen-bond donors (Lipinski definition) is 7. The van der Waals surface area contributed by atoms with E-state index in [4.69, 9.17) is 9.47 Å². The maximum Gasteiger partial charge on any atom is 0.343 e. The van der Waals surface area contributed by atoms with Crippen LogP contribution >= 0.6 is 63.7 Å². The number of aryl methyl sites for hydroxylation is 4. The number of aromatic nitrogens is 3. The number of phenols is 1. The van der Waals surface area contributed by atoms with Gasteiger partial charge in [-0.2, -0.15) is 0 Å². The fraction of sp³-hybridized carbons (Fsp3) is 0.0430. The van der Waals surface area contributed by atoms with Gasteiger partial charge in [0.2, 0.25) is 5.75 Å². The Morgan fingerprint density at radius 2 is 0.922 bits per heavy atom. The number of carbonyl (C=O) groups is 7. The number of aliphatic imine (C=N–C) groups is 1. The molecule has 0 saturated carbocycles. The van der Waals surface area contributed by atoms with Gasteiger partial charge < -0.3 is 46.1 Å². The second kappa shape index (κ2) is 43.0. The summed E-state index contributed by atoms with van der Waals surface area (Å²) >= 11 is 13.0. The number of non-ortho nitro benzene ring substituents is 2. The van der Waals surface area contributed by atoms with Crippen LogP contribution in [0, 0.1) is 68.2 Å². The highest BCUT2D eigenvalue weighted by Gasteiger charge is 2.26. The molecule has 4 amide bonds. The van der Waals surface area contributed by atoms with Gasteiger partial charge in [0.15, 0.2) is 11.5 Å². The number of carbonyl (C=O) groups excluding carboxylic acids is 5. The van der Waals surface area contributed by atoms with Crippen LogP contribution < -0.4 is 30.7 Å². The van der Waals surface area contributed by atoms with Gasteiger partial charge in [-0.15, -0.1) is 0 Å². The summed E-state index contributed by atoms with van der Waals surface area (Å²) < 4.78 is 12.9. The quantitative estimate of drug-likeness (QED) is 0.0122. The molecule has 646 valence electrons. The number of halogens is 4. The first-order valence-electron chi connectivity index (χ1n) is 37.8. The van der Waals surface area contributed by atoms with Crippen molar-refractivity contribution in [2.75, 3.05) is 21.3 Å². The lowest BCUT2D eigenvalue weighted by atomic mass is 10.1. The van der Waals surface area contributed by atoms with E-state index >= 15 is 0 Å². The zero-order chi connectivity index (χ0) is 92.9. The van der Waals surface area contributed by atoms with E-state index in [1.165, 1.54) is 72.9 Å². The van der Waals surface area contributed by atoms with E-state index < -0.39 is 60.8 Å². The van der Waals surface area contributed by atoms with E-state index in [0.29, 0.717) is 59.6 Å². The molecule has 3 heterocycles. The molecular weight excluding hydrogens is 1920 g/mol. The van der Waals surface area contributed by atoms with Gasteiger partial charge in [-0.3, -0.25) is 79.6 Å². The van der Waals surface area contributed by atoms with Crippen molar-refractivity contribution in [1.29, 1.82) is 0 Å². The van der Waals surface area contributed by atoms with Gasteiger partial charge in [0.05, 0.1) is 78.2 Å². The molecule has 0 unspecified atom stereocenters. The number of fused-ring (bicyclic) bond motifs is 3. The van der Waals surface area contributed by atoms with Crippen LogP contribution in [-0.2, 0) is 0 Å². The number of nitrogens with one attached hydrogen (secondary N) is 4. The number of hydrogen-bond acceptors (Lipinski definition) is 22. The predicted octanol–water partition coefficient (Wildman–Crippen LogP) is 22.9. The van der Waals surface area contributed by atoms with Crippen molar-refractivity contribution in [1.82, 2.24) is 15.0 Å². The number of phenolic OH excluding ortho intramolecular Hbond substituents is 1. The number of aromatic hydroxyl groups is 1. The normalized spacial score (nSPS) is 10.5. The fourth-order valence-electron chi connectivity index (χ4n) is 12.3. The smallest absolute Gasteiger partial charge is 0.343 e. The zero-order valence-corrected chi connectivity index (χ0v) is 73.9. The highest BCUT2D eigenvalue weighted by Crippen LogP contribution is 2.43. The van der Waals surface area contributed by atoms with Crippen molar-refractivity contribution < 1.29 is 78.0 Å². The summed E-state index contributed by atoms with van der Waals surface area (Å²) in [6.45, 7) is 7.89. The number of aromatic carboxylic acids is 2. The number of benzene rings is 12. The number of anilines is 4. The van der Waals surface area contributed by atoms with Crippen LogP contribution in [0.1, 0.15) is 100 Å². The Bertz CT molecular complexity index is 6980. The summed E-state index contributed by atoms with van der Waals surface area (Å²) in [6.07, 6.45) is 6.22. The molecule has 0 radical (unpaired) electrons. The standard InChI is InChI=1S/2C23H20N2O4.C16H10BrN3O3.C16H9BrN2O4.C15H7Br2N3O5/c1-14-10-11-18(12-15(14)2)24-21(26)16-6-5-7-17(13-16)25-22(27)19-8-3-4-9-20(19)23(28)29;1-14-11-15(2)13-18(12-14)25-21(26)16-7-9-17(10-8-16)24-22(27)19-5-3-4-6-20(19)23(28)29;17-13-8-12(20(22)23)7-11(16(13)21)9-19-14-5-1-3-10-4-2-6-18-15(10)14;17-12-7-6-11(9-13(12)19(21)22)16(20)23-14-5-1-3-10-4-2-8-18-15(10)14;16-10-7-11(17)15(14-9(10)2-1-5-18-14)25-13-4-3-8(19(21)22)6-12(13)20(23)24/h3-13H,1-2H3,(H,24,26)(H,25,27)(H,28,29);3-13H,1-2H3,(H,24,27)(H,25,26)(H,28,29);1-9,21H;1-9H;1-7H. The minimum Gasteiger partial charge on any atom is -0.506 e. The zero-order valence-electron chi connectivity index (χ0n) is 67.5. The van der Waals surface area contributed by atoms with Crippen LogP contribution in [0.15, 0.2) is 302 Å². The largest absolute Gasteiger partial charge is 0.506 e. The number of para-hydroxylation sites is 2. The average Bonchev–Trinajstić information content (AvgIpc) is 0.782. The molecule has 0 aliphatic heterocycles. The van der Waals surface area contributed by atoms with Crippen LogP contribution in [-0.4, -0.2) is 97.7 Å². The maximum atomic E-state index is 12.6. The minimum atomic E-state index is -1.18. The molecule has 0 atom stereocenters. The second-order valence-corrected chi connectivity index (χ2v) is 31.0. The third kappa shape index (κ3) is 24.5. The number of esters is 1. The highest BCUT2D eigenvalue weighted by atomic mass is 79.9. The van der Waals surface area contributed by atoms with Gasteiger partial charge in [-0.05, 0) is 243 Å². The summed E-state index contributed by atoms with van der Waals surface area (Å²) in [7, 11) is 0. The Labute approximate surface area is 764 Å². The second-order valence-electron chi connectivity index (χ2n) is 27.6. The molecular formula is C93H66Br4N12O20. The molecule has 129 heavy (non-hydrogen) atoms. The van der Waals surface area contributed by atoms with E-state index in [9.17, 15) is 89.3 Å². The molecule has 0 aliphatic rings. The molecule has 15 rings (SSSR count). The van der Waals surface area contributed by atoms with Crippen molar-refractivity contribution in [3.8, 4) is 23.0 Å². The first-order valence-corrected chi connectivity index (χ1v) is 41.0. The van der Waals surface area contributed by atoms with E-state index in [2.05, 4.69) is 105 Å². The Balaban J connectivity index is 0.000000157. The number of nitrogens with zero attached hydrogens (tertiary/aromatic N) is 8. The third-order valence-electron chi connectivity index (χ3n) is 18.6. The van der Waals surface area contributed by atoms with Gasteiger partial charge in [0, 0.05) is 109 Å². The topological polar surface area (TPSA) is 470 Å². The Morgan fingerprint density at radius 1 is 0.395 bits per heavy atom. The van der Waals surface area contributed by atoms with Crippen molar-refractivity contribution in [2.24, 2.45) is 4.99 Å². The summed E-state index contributed by atoms with van der Waals surface area (Å²) in [5.74, 6) is -4.35. The first kappa shape index (κ1) is 93.6. The predicted molar refractivity (Wildman–Crippen MR) is 499 cm³/mol. The van der Waals surface area contributed by atoms with Crippen LogP contribution in [0.5, 0.6) is 23.0 Å². The lowest BCUT2D eigenvalue weighted by Crippen LogP contribution is -2.17. The molecule has 0 saturated heterocycles. The van der Waals surface area contributed by atoms with E-state index in [1.807, 2.05) is 107 Å². The number of nitro groups is 4. The monoisotopic (exact) mass is 1990 g/mol. The molecule has 0 fully saturated rings. The number of nitro benzene ring substituents is 4. The number of rotatable bonds is 20. The molecule has 0 spiro atoms. The van der Waals surface area contributed by atoms with Crippen molar-refractivity contribution in [3.63, 3.8) is 0 Å². The van der Waals surface area contributed by atoms with E-state index in [1.54, 1.807) is 122 Å². The molecule has 15 aromatic rings. The maximum absolute atomic E-state index is 12.6. The van der Waals surface area contributed by atoms with Gasteiger partial charge >= 0.3 is 23.6 Å². The molecule has 7 N–H and O–H groups in total. The number of carboxylic acids is 2. The lowest BCUT2D eigenvalue weighted by molar-refractivity contribution is -0.394. The fourth-order valence-corrected chi connectivity index (χ4v) is 14.5. The first-order chi connectivity index (χ1) is 61.7. The van der Waals surface area contributed by atoms with Gasteiger partial charge in [-0.25, -0.2) is 14.4 Å². The van der Waals surface area contributed by atoms with Gasteiger partial charge in [0.1, 0.15) is 16.8 Å². The summed E-state index contributed by atoms with van der Waals surface area (Å²) in [5.41, 5.74) is 8.80. The van der Waals surface area contributed by atoms with Crippen LogP contribution in [0.4, 0.5) is 51.2 Å². The molecule has 0 bridgehead atoms. The summed E-state index contributed by atoms with van der Waals surface area (Å²) in [5, 5.41) is 85.9. The minimum absolute atomic E-state index is 0.0463. The van der Waals surface area contributed by atoms with Crippen LogP contribution in [0.3, 0.4) is 0 Å². The van der Waals surface area contributed by atoms with E-state index in [-0.39, 0.29) is 78.3 Å². The SMILES string of the molecule is Cc1cc(C)cc(NC(=O)c2ccc(NC(=O)c3ccccc3C(=O)O)cc2)c1.Cc1ccc(NC(=O)c2cccc(NC(=O)c3ccccc3C(=O)O)c2)cc1C.O=C(Oc1cccc2cccnc12)c1ccc(Br)c([N+](=O)[O-])c1.O=[N+]([O-])c1cc(Br)c(O)c(C=Nc2cccc3cccnc23)c1.O=[N+]([O-])c1ccc(Oc2c(Br)cc(Br)c3cccnc23)c([N+](=O)[O-])c1. The number of amides is 4. The van der Waals surface area contributed by atoms with E-state index in [0.717, 1.165) is 66.2 Å². The summed E-state index contributed by atoms with van der Waals surface area (Å²) in [4.78, 5) is 143. The average molecular weight is 1990 g/mol. The molecule has 12 aromatic carbocycles. The number of carboxylic acid groups (broad SMARTS) is 2. The van der Waals surface area contributed by atoms with Crippen molar-refractivity contribution >= 4 is 195 Å². The van der Waals surface area contributed by atoms with Gasteiger partial charge in [-0.1, -0.05) is 101 Å². The van der Waals surface area contributed by atoms with Crippen molar-refractivity contribution in [3.05, 3.63) is 405 Å². The van der Waals surface area contributed by atoms with Crippen molar-refractivity contribution in [2.45, 2.75) is 27.7 Å². The van der Waals surface area contributed by atoms with Crippen LogP contribution in [0.25, 0.3) is 32.7 Å². The number of ether oxygens (including phenoxy) is 2. The molecule has 36 heteroatoms. The molecule has 32 nitrogen and oxygen atoms in total. The lowest BCUT2D eigenvalue weighted by Gasteiger charge is -2.11. The Morgan fingerprint density at radius 3 is 1.53 bits per heavy atom. The third-order valence-corrected chi connectivity index (χ3v) is 21.1. The number of pyridine rings is 3. The highest BCUT2D eigenvalue weighted by molar-refractivity contribution is 9.11. The Kier molecular flexibility index (Phi) is 31.2. The van der Waals surface area contributed by atoms with Crippen LogP contribution in [0.2, 0.25) is 0 Å². The molecule has 3 aromatic heterocycles.